The Labute approximate surface area is 107 Å². The van der Waals surface area contributed by atoms with Crippen LogP contribution in [0.25, 0.3) is 0 Å². The van der Waals surface area contributed by atoms with Gasteiger partial charge in [0.05, 0.1) is 0 Å². The highest BCUT2D eigenvalue weighted by molar-refractivity contribution is 5.94. The summed E-state index contributed by atoms with van der Waals surface area (Å²) in [7, 11) is 0. The number of likely N-dealkylation sites (tertiary alicyclic amines) is 1. The molecule has 0 aromatic heterocycles. The second-order valence-electron chi connectivity index (χ2n) is 4.39. The van der Waals surface area contributed by atoms with E-state index in [0.717, 1.165) is 31.5 Å². The minimum atomic E-state index is -0.162. The van der Waals surface area contributed by atoms with Crippen LogP contribution in [0.4, 0.5) is 0 Å². The Hall–Kier alpha value is -1.79. The van der Waals surface area contributed by atoms with Crippen molar-refractivity contribution in [2.45, 2.75) is 19.3 Å². The van der Waals surface area contributed by atoms with Crippen molar-refractivity contribution in [1.29, 1.82) is 0 Å². The van der Waals surface area contributed by atoms with Gasteiger partial charge in [0.15, 0.2) is 0 Å². The van der Waals surface area contributed by atoms with Crippen molar-refractivity contribution >= 4 is 5.91 Å². The van der Waals surface area contributed by atoms with Gasteiger partial charge in [-0.2, -0.15) is 0 Å². The van der Waals surface area contributed by atoms with Gasteiger partial charge in [-0.25, -0.2) is 0 Å². The number of amides is 1. The number of carbonyl (C=O) groups excluding carboxylic acids is 1. The van der Waals surface area contributed by atoms with E-state index in [4.69, 9.17) is 5.11 Å². The van der Waals surface area contributed by atoms with Crippen LogP contribution in [0.15, 0.2) is 24.3 Å². The predicted molar refractivity (Wildman–Crippen MR) is 70.2 cm³/mol. The summed E-state index contributed by atoms with van der Waals surface area (Å²) in [4.78, 5) is 14.2. The molecule has 1 amide bonds. The van der Waals surface area contributed by atoms with Crippen LogP contribution in [0.2, 0.25) is 0 Å². The number of hydrogen-bond acceptors (Lipinski definition) is 2. The van der Waals surface area contributed by atoms with Gasteiger partial charge in [0.25, 0.3) is 5.91 Å². The van der Waals surface area contributed by atoms with Crippen LogP contribution in [0.1, 0.15) is 35.2 Å². The molecular weight excluding hydrogens is 226 g/mol. The van der Waals surface area contributed by atoms with Gasteiger partial charge in [-0.15, -0.1) is 0 Å². The fourth-order valence-corrected chi connectivity index (χ4v) is 2.15. The van der Waals surface area contributed by atoms with Gasteiger partial charge in [0.2, 0.25) is 0 Å². The van der Waals surface area contributed by atoms with Crippen LogP contribution < -0.4 is 0 Å². The van der Waals surface area contributed by atoms with E-state index in [1.807, 2.05) is 23.1 Å². The van der Waals surface area contributed by atoms with Crippen molar-refractivity contribution in [3.63, 3.8) is 0 Å². The van der Waals surface area contributed by atoms with Crippen molar-refractivity contribution in [1.82, 2.24) is 4.90 Å². The molecule has 18 heavy (non-hydrogen) atoms. The molecular formula is C15H17NO2. The first-order valence-electron chi connectivity index (χ1n) is 6.30. The average Bonchev–Trinajstić information content (AvgIpc) is 2.45. The molecule has 0 saturated carbocycles. The third-order valence-corrected chi connectivity index (χ3v) is 3.06. The lowest BCUT2D eigenvalue weighted by Crippen LogP contribution is -2.35. The van der Waals surface area contributed by atoms with Crippen molar-refractivity contribution in [3.05, 3.63) is 35.4 Å². The molecule has 1 fully saturated rings. The van der Waals surface area contributed by atoms with Gasteiger partial charge in [-0.3, -0.25) is 4.79 Å². The summed E-state index contributed by atoms with van der Waals surface area (Å²) < 4.78 is 0. The lowest BCUT2D eigenvalue weighted by Gasteiger charge is -2.26. The molecule has 0 atom stereocenters. The molecule has 0 unspecified atom stereocenters. The smallest absolute Gasteiger partial charge is 0.253 e. The highest BCUT2D eigenvalue weighted by Gasteiger charge is 2.17. The third-order valence-electron chi connectivity index (χ3n) is 3.06. The van der Waals surface area contributed by atoms with Gasteiger partial charge in [-0.05, 0) is 37.5 Å². The fourth-order valence-electron chi connectivity index (χ4n) is 2.15. The summed E-state index contributed by atoms with van der Waals surface area (Å²) in [6.07, 6.45) is 3.40. The number of aliphatic hydroxyl groups excluding tert-OH is 1. The SMILES string of the molecule is O=C(c1cccc(C#CCO)c1)N1CCCCC1. The zero-order valence-electron chi connectivity index (χ0n) is 10.4. The lowest BCUT2D eigenvalue weighted by molar-refractivity contribution is 0.0724. The highest BCUT2D eigenvalue weighted by atomic mass is 16.2. The van der Waals surface area contributed by atoms with E-state index < -0.39 is 0 Å². The minimum Gasteiger partial charge on any atom is -0.384 e. The normalized spacial score (nSPS) is 14.8. The van der Waals surface area contributed by atoms with Crippen LogP contribution >= 0.6 is 0 Å². The molecule has 94 valence electrons. The second-order valence-corrected chi connectivity index (χ2v) is 4.39. The third kappa shape index (κ3) is 3.12. The van der Waals surface area contributed by atoms with Crippen LogP contribution in [0.3, 0.4) is 0 Å². The molecule has 2 rings (SSSR count). The van der Waals surface area contributed by atoms with Crippen LogP contribution in [0, 0.1) is 11.8 Å². The Balaban J connectivity index is 2.14. The van der Waals surface area contributed by atoms with E-state index in [-0.39, 0.29) is 12.5 Å². The van der Waals surface area contributed by atoms with E-state index in [1.54, 1.807) is 6.07 Å². The number of nitrogens with zero attached hydrogens (tertiary/aromatic N) is 1. The average molecular weight is 243 g/mol. The standard InChI is InChI=1S/C15H17NO2/c17-11-5-7-13-6-4-8-14(12-13)15(18)16-9-2-1-3-10-16/h4,6,8,12,17H,1-3,9-11H2. The molecule has 0 bridgehead atoms. The van der Waals surface area contributed by atoms with Gasteiger partial charge >= 0.3 is 0 Å². The first-order chi connectivity index (χ1) is 8.81. The largest absolute Gasteiger partial charge is 0.384 e. The van der Waals surface area contributed by atoms with Gasteiger partial charge in [0.1, 0.15) is 6.61 Å². The van der Waals surface area contributed by atoms with Crippen molar-refractivity contribution in [2.75, 3.05) is 19.7 Å². The molecule has 1 aromatic rings. The molecule has 1 aliphatic heterocycles. The summed E-state index contributed by atoms with van der Waals surface area (Å²) in [6.45, 7) is 1.54. The van der Waals surface area contributed by atoms with Crippen molar-refractivity contribution < 1.29 is 9.90 Å². The maximum absolute atomic E-state index is 12.3. The molecule has 1 saturated heterocycles. The van der Waals surface area contributed by atoms with Crippen molar-refractivity contribution in [2.24, 2.45) is 0 Å². The maximum atomic E-state index is 12.3. The zero-order valence-corrected chi connectivity index (χ0v) is 10.4. The first-order valence-corrected chi connectivity index (χ1v) is 6.30. The summed E-state index contributed by atoms with van der Waals surface area (Å²) in [6, 6.07) is 7.29. The molecule has 1 aromatic carbocycles. The molecule has 1 N–H and O–H groups in total. The second kappa shape index (κ2) is 6.23. The number of benzene rings is 1. The van der Waals surface area contributed by atoms with E-state index in [2.05, 4.69) is 11.8 Å². The lowest BCUT2D eigenvalue weighted by atomic mass is 10.1. The molecule has 0 spiro atoms. The molecule has 0 radical (unpaired) electrons. The van der Waals surface area contributed by atoms with E-state index in [0.29, 0.717) is 5.56 Å². The van der Waals surface area contributed by atoms with Crippen LogP contribution in [-0.2, 0) is 0 Å². The summed E-state index contributed by atoms with van der Waals surface area (Å²) in [5, 5.41) is 8.66. The topological polar surface area (TPSA) is 40.5 Å². The Morgan fingerprint density at radius 1 is 1.28 bits per heavy atom. The molecule has 3 heteroatoms. The van der Waals surface area contributed by atoms with Gasteiger partial charge < -0.3 is 10.0 Å². The Bertz CT molecular complexity index is 479. The maximum Gasteiger partial charge on any atom is 0.253 e. The quantitative estimate of drug-likeness (QED) is 0.762. The van der Waals surface area contributed by atoms with Gasteiger partial charge in [-0.1, -0.05) is 17.9 Å². The van der Waals surface area contributed by atoms with Gasteiger partial charge in [0, 0.05) is 24.2 Å². The molecule has 1 heterocycles. The van der Waals surface area contributed by atoms with E-state index >= 15 is 0 Å². The predicted octanol–water partition coefficient (Wildman–Crippen LogP) is 1.66. The summed E-state index contributed by atoms with van der Waals surface area (Å²) in [5.41, 5.74) is 1.45. The fraction of sp³-hybridized carbons (Fsp3) is 0.400. The Kier molecular flexibility index (Phi) is 4.38. The number of piperidine rings is 1. The van der Waals surface area contributed by atoms with Crippen LogP contribution in [0.5, 0.6) is 0 Å². The first kappa shape index (κ1) is 12.7. The summed E-state index contributed by atoms with van der Waals surface area (Å²) in [5.74, 6) is 5.50. The van der Waals surface area contributed by atoms with Crippen LogP contribution in [-0.4, -0.2) is 35.6 Å². The number of aliphatic hydroxyl groups is 1. The van der Waals surface area contributed by atoms with E-state index in [1.165, 1.54) is 6.42 Å². The minimum absolute atomic E-state index is 0.0855. The number of carbonyl (C=O) groups is 1. The zero-order chi connectivity index (χ0) is 12.8. The van der Waals surface area contributed by atoms with E-state index in [9.17, 15) is 4.79 Å². The molecule has 0 aliphatic carbocycles. The molecule has 3 nitrogen and oxygen atoms in total. The highest BCUT2D eigenvalue weighted by Crippen LogP contribution is 2.14. The molecule has 1 aliphatic rings. The number of hydrogen-bond donors (Lipinski definition) is 1. The Morgan fingerprint density at radius 3 is 2.78 bits per heavy atom. The van der Waals surface area contributed by atoms with Crippen molar-refractivity contribution in [3.8, 4) is 11.8 Å². The summed E-state index contributed by atoms with van der Waals surface area (Å²) >= 11 is 0. The monoisotopic (exact) mass is 243 g/mol. The number of rotatable bonds is 1. The Morgan fingerprint density at radius 2 is 2.06 bits per heavy atom.